The van der Waals surface area contributed by atoms with Gasteiger partial charge in [-0.25, -0.2) is 4.79 Å². The molecule has 1 aromatic carbocycles. The van der Waals surface area contributed by atoms with E-state index in [0.29, 0.717) is 17.8 Å². The van der Waals surface area contributed by atoms with Crippen molar-refractivity contribution < 1.29 is 9.52 Å². The Kier molecular flexibility index (Phi) is 5.47. The van der Waals surface area contributed by atoms with Crippen LogP contribution in [-0.4, -0.2) is 21.1 Å². The Morgan fingerprint density at radius 3 is 2.58 bits per heavy atom. The van der Waals surface area contributed by atoms with Crippen LogP contribution in [0.5, 0.6) is 5.75 Å². The van der Waals surface area contributed by atoms with E-state index in [9.17, 15) is 9.90 Å². The van der Waals surface area contributed by atoms with E-state index in [1.807, 2.05) is 13.0 Å². The van der Waals surface area contributed by atoms with Crippen LogP contribution in [0.25, 0.3) is 11.0 Å². The number of aromatic nitrogens is 2. The van der Waals surface area contributed by atoms with Crippen molar-refractivity contribution in [2.45, 2.75) is 34.7 Å². The van der Waals surface area contributed by atoms with Crippen molar-refractivity contribution in [2.24, 2.45) is 0 Å². The molecule has 0 fully saturated rings. The van der Waals surface area contributed by atoms with E-state index < -0.39 is 5.63 Å². The highest BCUT2D eigenvalue weighted by Gasteiger charge is 2.12. The molecule has 8 heteroatoms. The summed E-state index contributed by atoms with van der Waals surface area (Å²) in [6.45, 7) is 4.05. The summed E-state index contributed by atoms with van der Waals surface area (Å²) in [4.78, 5) is 11.8. The maximum absolute atomic E-state index is 11.8. The predicted molar refractivity (Wildman–Crippen MR) is 99.4 cm³/mol. The molecule has 2 heterocycles. The first-order valence-electron chi connectivity index (χ1n) is 7.48. The van der Waals surface area contributed by atoms with Gasteiger partial charge in [0.15, 0.2) is 8.68 Å². The summed E-state index contributed by atoms with van der Waals surface area (Å²) in [6.07, 6.45) is 0.710. The van der Waals surface area contributed by atoms with Crippen LogP contribution in [0.1, 0.15) is 25.0 Å². The van der Waals surface area contributed by atoms with Crippen molar-refractivity contribution in [3.05, 3.63) is 39.7 Å². The summed E-state index contributed by atoms with van der Waals surface area (Å²) in [6, 6.07) is 4.92. The normalized spacial score (nSPS) is 11.2. The van der Waals surface area contributed by atoms with Gasteiger partial charge in [-0.05, 0) is 29.4 Å². The van der Waals surface area contributed by atoms with Crippen molar-refractivity contribution >= 4 is 45.8 Å². The number of aryl methyl sites for hydroxylation is 1. The van der Waals surface area contributed by atoms with Crippen LogP contribution in [0, 0.1) is 0 Å². The van der Waals surface area contributed by atoms with Gasteiger partial charge in [-0.1, -0.05) is 48.7 Å². The van der Waals surface area contributed by atoms with Crippen LogP contribution in [0.2, 0.25) is 0 Å². The Labute approximate surface area is 151 Å². The molecule has 5 nitrogen and oxygen atoms in total. The summed E-state index contributed by atoms with van der Waals surface area (Å²) in [5, 5.41) is 19.1. The summed E-state index contributed by atoms with van der Waals surface area (Å²) in [5.74, 6) is 1.72. The van der Waals surface area contributed by atoms with E-state index in [1.165, 1.54) is 12.1 Å². The maximum atomic E-state index is 11.8. The van der Waals surface area contributed by atoms with E-state index in [2.05, 4.69) is 17.1 Å². The molecule has 0 aliphatic carbocycles. The molecule has 0 atom stereocenters. The van der Waals surface area contributed by atoms with Gasteiger partial charge in [0, 0.05) is 23.3 Å². The van der Waals surface area contributed by atoms with Gasteiger partial charge in [0.2, 0.25) is 0 Å². The van der Waals surface area contributed by atoms with Gasteiger partial charge in [-0.2, -0.15) is 0 Å². The van der Waals surface area contributed by atoms with Gasteiger partial charge in [0.25, 0.3) is 0 Å². The smallest absolute Gasteiger partial charge is 0.336 e. The number of hydrogen-bond acceptors (Lipinski definition) is 8. The third-order valence-electron chi connectivity index (χ3n) is 3.42. The zero-order chi connectivity index (χ0) is 17.1. The molecular formula is C16H16N2O3S3. The van der Waals surface area contributed by atoms with Crippen molar-refractivity contribution in [1.82, 2.24) is 10.2 Å². The molecule has 2 aromatic heterocycles. The zero-order valence-electron chi connectivity index (χ0n) is 13.2. The molecule has 0 radical (unpaired) electrons. The number of hydrogen-bond donors (Lipinski definition) is 1. The minimum atomic E-state index is -0.416. The molecule has 3 rings (SSSR count). The van der Waals surface area contributed by atoms with Crippen molar-refractivity contribution in [1.29, 1.82) is 0 Å². The van der Waals surface area contributed by atoms with Crippen LogP contribution < -0.4 is 5.63 Å². The lowest BCUT2D eigenvalue weighted by molar-refractivity contribution is 0.466. The molecule has 0 spiro atoms. The van der Waals surface area contributed by atoms with Crippen molar-refractivity contribution in [3.8, 4) is 5.75 Å². The number of fused-ring (bicyclic) bond motifs is 1. The fourth-order valence-corrected chi connectivity index (χ4v) is 5.19. The lowest BCUT2D eigenvalue weighted by Crippen LogP contribution is -2.00. The molecule has 0 saturated carbocycles. The number of benzene rings is 1. The number of phenols is 1. The highest BCUT2D eigenvalue weighted by molar-refractivity contribution is 8.02. The van der Waals surface area contributed by atoms with Crippen LogP contribution >= 0.6 is 34.9 Å². The first kappa shape index (κ1) is 17.3. The second-order valence-electron chi connectivity index (χ2n) is 4.98. The Morgan fingerprint density at radius 2 is 1.88 bits per heavy atom. The molecule has 3 aromatic rings. The average Bonchev–Trinajstić information content (AvgIpc) is 3.00. The van der Waals surface area contributed by atoms with Gasteiger partial charge in [0.05, 0.1) is 0 Å². The first-order valence-corrected chi connectivity index (χ1v) is 10.3. The second kappa shape index (κ2) is 7.58. The standard InChI is InChI=1S/C16H16N2O3S3/c1-3-9-5-11-10(6-14(20)21-13(11)7-12(9)19)8-23-16-18-17-15(24-16)22-4-2/h5-7,19H,3-4,8H2,1-2H3. The van der Waals surface area contributed by atoms with Crippen molar-refractivity contribution in [3.63, 3.8) is 0 Å². The Balaban J connectivity index is 1.91. The lowest BCUT2D eigenvalue weighted by atomic mass is 10.1. The van der Waals surface area contributed by atoms with Crippen LogP contribution in [-0.2, 0) is 12.2 Å². The Hall–Kier alpha value is -1.51. The highest BCUT2D eigenvalue weighted by Crippen LogP contribution is 2.33. The fraction of sp³-hybridized carbons (Fsp3) is 0.312. The quantitative estimate of drug-likeness (QED) is 0.504. The van der Waals surface area contributed by atoms with Crippen LogP contribution in [0.4, 0.5) is 0 Å². The van der Waals surface area contributed by atoms with E-state index in [-0.39, 0.29) is 5.75 Å². The fourth-order valence-electron chi connectivity index (χ4n) is 2.29. The van der Waals surface area contributed by atoms with E-state index in [4.69, 9.17) is 4.42 Å². The predicted octanol–water partition coefficient (Wildman–Crippen LogP) is 4.32. The topological polar surface area (TPSA) is 76.2 Å². The molecule has 24 heavy (non-hydrogen) atoms. The SMILES string of the molecule is CCSc1nnc(SCc2cc(=O)oc3cc(O)c(CC)cc23)s1. The Bertz CT molecular complexity index is 921. The van der Waals surface area contributed by atoms with E-state index >= 15 is 0 Å². The minimum Gasteiger partial charge on any atom is -0.508 e. The minimum absolute atomic E-state index is 0.156. The number of rotatable bonds is 6. The van der Waals surface area contributed by atoms with Gasteiger partial charge < -0.3 is 9.52 Å². The molecule has 1 N–H and O–H groups in total. The third kappa shape index (κ3) is 3.76. The lowest BCUT2D eigenvalue weighted by Gasteiger charge is -2.07. The summed E-state index contributed by atoms with van der Waals surface area (Å²) >= 11 is 4.78. The number of nitrogens with zero attached hydrogens (tertiary/aromatic N) is 2. The molecule has 0 aliphatic heterocycles. The first-order chi connectivity index (χ1) is 11.6. The van der Waals surface area contributed by atoms with Gasteiger partial charge >= 0.3 is 5.63 Å². The molecule has 0 amide bonds. The monoisotopic (exact) mass is 380 g/mol. The number of phenolic OH excluding ortho intramolecular Hbond substituents is 1. The third-order valence-corrected chi connectivity index (χ3v) is 6.54. The van der Waals surface area contributed by atoms with Crippen LogP contribution in [0.15, 0.2) is 36.1 Å². The largest absolute Gasteiger partial charge is 0.508 e. The molecule has 0 bridgehead atoms. The average molecular weight is 381 g/mol. The van der Waals surface area contributed by atoms with E-state index in [0.717, 1.165) is 30.9 Å². The number of thioether (sulfide) groups is 2. The summed E-state index contributed by atoms with van der Waals surface area (Å²) in [7, 11) is 0. The van der Waals surface area contributed by atoms with Gasteiger partial charge in [0.1, 0.15) is 11.3 Å². The molecular weight excluding hydrogens is 364 g/mol. The summed E-state index contributed by atoms with van der Waals surface area (Å²) in [5.41, 5.74) is 1.70. The molecule has 126 valence electrons. The molecule has 0 aliphatic rings. The van der Waals surface area contributed by atoms with Gasteiger partial charge in [-0.3, -0.25) is 0 Å². The highest BCUT2D eigenvalue weighted by atomic mass is 32.2. The molecule has 0 saturated heterocycles. The summed E-state index contributed by atoms with van der Waals surface area (Å²) < 4.78 is 7.05. The maximum Gasteiger partial charge on any atom is 0.336 e. The van der Waals surface area contributed by atoms with Crippen molar-refractivity contribution in [2.75, 3.05) is 5.75 Å². The molecule has 0 unspecified atom stereocenters. The van der Waals surface area contributed by atoms with Gasteiger partial charge in [-0.15, -0.1) is 10.2 Å². The van der Waals surface area contributed by atoms with E-state index in [1.54, 1.807) is 34.9 Å². The number of aromatic hydroxyl groups is 1. The zero-order valence-corrected chi connectivity index (χ0v) is 15.7. The Morgan fingerprint density at radius 1 is 1.12 bits per heavy atom. The van der Waals surface area contributed by atoms with Crippen LogP contribution in [0.3, 0.4) is 0 Å². The second-order valence-corrected chi connectivity index (χ2v) is 8.69.